The molecule has 0 N–H and O–H groups in total. The molecule has 7 nitrogen and oxygen atoms in total. The van der Waals surface area contributed by atoms with Crippen molar-refractivity contribution in [3.8, 4) is 11.4 Å². The SMILES string of the molecule is Cn1c(C(=O)N2CCC(c3nc(-c4ccc(F)cc4)no3)(C(F)(F)F)C2)cccc1=O. The van der Waals surface area contributed by atoms with E-state index in [0.717, 1.165) is 21.6 Å². The molecule has 3 heterocycles. The quantitative estimate of drug-likeness (QED) is 0.590. The fourth-order valence-corrected chi connectivity index (χ4v) is 3.59. The third-order valence-electron chi connectivity index (χ3n) is 5.44. The molecule has 1 aliphatic heterocycles. The first-order valence-electron chi connectivity index (χ1n) is 9.24. The second-order valence-corrected chi connectivity index (χ2v) is 7.29. The fraction of sp³-hybridized carbons (Fsp3) is 0.300. The van der Waals surface area contributed by atoms with Gasteiger partial charge in [0.05, 0.1) is 0 Å². The van der Waals surface area contributed by atoms with Crippen LogP contribution in [0.1, 0.15) is 22.8 Å². The van der Waals surface area contributed by atoms with E-state index in [1.165, 1.54) is 37.4 Å². The number of carbonyl (C=O) groups excluding carboxylic acids is 1. The Bertz CT molecular complexity index is 1190. The molecule has 1 amide bonds. The number of nitrogens with zero attached hydrogens (tertiary/aromatic N) is 4. The normalized spacial score (nSPS) is 19.1. The van der Waals surface area contributed by atoms with E-state index in [1.54, 1.807) is 0 Å². The number of aromatic nitrogens is 3. The van der Waals surface area contributed by atoms with Crippen LogP contribution in [0, 0.1) is 5.82 Å². The number of rotatable bonds is 3. The van der Waals surface area contributed by atoms with Crippen LogP contribution in [0.4, 0.5) is 17.6 Å². The number of pyridine rings is 1. The van der Waals surface area contributed by atoms with E-state index in [4.69, 9.17) is 4.52 Å². The van der Waals surface area contributed by atoms with Crippen molar-refractivity contribution >= 4 is 5.91 Å². The lowest BCUT2D eigenvalue weighted by molar-refractivity contribution is -0.193. The molecular formula is C20H16F4N4O3. The molecule has 1 aliphatic rings. The molecule has 1 atom stereocenters. The van der Waals surface area contributed by atoms with Gasteiger partial charge >= 0.3 is 6.18 Å². The van der Waals surface area contributed by atoms with Crippen LogP contribution in [0.2, 0.25) is 0 Å². The Balaban J connectivity index is 1.68. The Kier molecular flexibility index (Phi) is 4.91. The molecule has 3 aromatic rings. The minimum absolute atomic E-state index is 0.0250. The van der Waals surface area contributed by atoms with E-state index < -0.39 is 47.7 Å². The lowest BCUT2D eigenvalue weighted by Crippen LogP contribution is -2.46. The second-order valence-electron chi connectivity index (χ2n) is 7.29. The van der Waals surface area contributed by atoms with Gasteiger partial charge in [-0.1, -0.05) is 11.2 Å². The summed E-state index contributed by atoms with van der Waals surface area (Å²) in [4.78, 5) is 29.5. The van der Waals surface area contributed by atoms with Gasteiger partial charge in [-0.25, -0.2) is 4.39 Å². The summed E-state index contributed by atoms with van der Waals surface area (Å²) in [5, 5.41) is 3.62. The summed E-state index contributed by atoms with van der Waals surface area (Å²) in [7, 11) is 1.37. The molecule has 0 radical (unpaired) electrons. The Morgan fingerprint density at radius 3 is 2.55 bits per heavy atom. The maximum atomic E-state index is 14.2. The zero-order chi connectivity index (χ0) is 22.4. The third-order valence-corrected chi connectivity index (χ3v) is 5.44. The molecule has 0 saturated carbocycles. The van der Waals surface area contributed by atoms with Crippen molar-refractivity contribution in [3.63, 3.8) is 0 Å². The number of alkyl halides is 3. The minimum atomic E-state index is -4.78. The van der Waals surface area contributed by atoms with Gasteiger partial charge < -0.3 is 14.0 Å². The Hall–Kier alpha value is -3.50. The molecule has 162 valence electrons. The van der Waals surface area contributed by atoms with Crippen molar-refractivity contribution < 1.29 is 26.9 Å². The van der Waals surface area contributed by atoms with Crippen molar-refractivity contribution in [2.24, 2.45) is 7.05 Å². The summed E-state index contributed by atoms with van der Waals surface area (Å²) in [6.45, 7) is -0.945. The molecule has 4 rings (SSSR count). The van der Waals surface area contributed by atoms with Crippen LogP contribution in [0.25, 0.3) is 11.4 Å². The van der Waals surface area contributed by atoms with E-state index >= 15 is 0 Å². The van der Waals surface area contributed by atoms with Crippen LogP contribution in [0.5, 0.6) is 0 Å². The largest absolute Gasteiger partial charge is 0.405 e. The van der Waals surface area contributed by atoms with Crippen LogP contribution < -0.4 is 5.56 Å². The minimum Gasteiger partial charge on any atom is -0.338 e. The number of hydrogen-bond donors (Lipinski definition) is 0. The zero-order valence-electron chi connectivity index (χ0n) is 16.2. The second kappa shape index (κ2) is 7.33. The fourth-order valence-electron chi connectivity index (χ4n) is 3.59. The smallest absolute Gasteiger partial charge is 0.338 e. The third kappa shape index (κ3) is 3.49. The van der Waals surface area contributed by atoms with Gasteiger partial charge in [0.2, 0.25) is 11.7 Å². The molecule has 1 unspecified atom stereocenters. The maximum Gasteiger partial charge on any atom is 0.405 e. The van der Waals surface area contributed by atoms with Gasteiger partial charge in [0.15, 0.2) is 5.41 Å². The number of benzene rings is 1. The van der Waals surface area contributed by atoms with Gasteiger partial charge in [0.1, 0.15) is 11.5 Å². The van der Waals surface area contributed by atoms with Crippen molar-refractivity contribution in [3.05, 3.63) is 70.2 Å². The van der Waals surface area contributed by atoms with Gasteiger partial charge in [0.25, 0.3) is 11.5 Å². The monoisotopic (exact) mass is 436 g/mol. The lowest BCUT2D eigenvalue weighted by atomic mass is 9.86. The molecular weight excluding hydrogens is 420 g/mol. The first-order valence-corrected chi connectivity index (χ1v) is 9.24. The van der Waals surface area contributed by atoms with E-state index in [9.17, 15) is 27.2 Å². The number of halogens is 4. The average molecular weight is 436 g/mol. The van der Waals surface area contributed by atoms with Crippen LogP contribution >= 0.6 is 0 Å². The highest BCUT2D eigenvalue weighted by molar-refractivity contribution is 5.92. The Labute approximate surface area is 172 Å². The van der Waals surface area contributed by atoms with Crippen LogP contribution in [-0.4, -0.2) is 44.8 Å². The summed E-state index contributed by atoms with van der Waals surface area (Å²) in [6, 6.07) is 8.90. The van der Waals surface area contributed by atoms with Gasteiger partial charge in [-0.15, -0.1) is 0 Å². The van der Waals surface area contributed by atoms with Crippen molar-refractivity contribution in [2.45, 2.75) is 18.0 Å². The molecule has 0 aliphatic carbocycles. The molecule has 1 fully saturated rings. The van der Waals surface area contributed by atoms with E-state index in [0.29, 0.717) is 5.56 Å². The van der Waals surface area contributed by atoms with Crippen molar-refractivity contribution in [2.75, 3.05) is 13.1 Å². The zero-order valence-corrected chi connectivity index (χ0v) is 16.2. The van der Waals surface area contributed by atoms with E-state index in [-0.39, 0.29) is 18.1 Å². The van der Waals surface area contributed by atoms with Gasteiger partial charge in [0, 0.05) is 31.8 Å². The number of amides is 1. The van der Waals surface area contributed by atoms with Gasteiger partial charge in [-0.05, 0) is 36.8 Å². The molecule has 1 saturated heterocycles. The number of likely N-dealkylation sites (tertiary alicyclic amines) is 1. The summed E-state index contributed by atoms with van der Waals surface area (Å²) in [5.74, 6) is -2.01. The van der Waals surface area contributed by atoms with Crippen molar-refractivity contribution in [1.82, 2.24) is 19.6 Å². The predicted octanol–water partition coefficient (Wildman–Crippen LogP) is 2.92. The summed E-state index contributed by atoms with van der Waals surface area (Å²) in [6.07, 6.45) is -5.26. The average Bonchev–Trinajstić information content (AvgIpc) is 3.38. The van der Waals surface area contributed by atoms with Gasteiger partial charge in [-0.3, -0.25) is 9.59 Å². The molecule has 2 aromatic heterocycles. The predicted molar refractivity (Wildman–Crippen MR) is 99.6 cm³/mol. The van der Waals surface area contributed by atoms with Crippen LogP contribution in [0.3, 0.4) is 0 Å². The molecule has 11 heteroatoms. The maximum absolute atomic E-state index is 14.2. The molecule has 0 bridgehead atoms. The summed E-state index contributed by atoms with van der Waals surface area (Å²) >= 11 is 0. The molecule has 31 heavy (non-hydrogen) atoms. The Morgan fingerprint density at radius 1 is 1.16 bits per heavy atom. The highest BCUT2D eigenvalue weighted by Gasteiger charge is 2.63. The molecule has 1 aromatic carbocycles. The number of hydrogen-bond acceptors (Lipinski definition) is 5. The topological polar surface area (TPSA) is 81.2 Å². The standard InChI is InChI=1S/C20H16F4N4O3/c1-27-14(3-2-4-15(27)29)17(30)28-10-9-19(11-28,20(22,23)24)18-25-16(26-31-18)12-5-7-13(21)8-6-12/h2-8H,9-11H2,1H3. The molecule has 0 spiro atoms. The van der Waals surface area contributed by atoms with E-state index in [1.807, 2.05) is 0 Å². The van der Waals surface area contributed by atoms with E-state index in [2.05, 4.69) is 10.1 Å². The summed E-state index contributed by atoms with van der Waals surface area (Å²) in [5.41, 5.74) is -2.74. The lowest BCUT2D eigenvalue weighted by Gasteiger charge is -2.28. The Morgan fingerprint density at radius 2 is 1.87 bits per heavy atom. The highest BCUT2D eigenvalue weighted by atomic mass is 19.4. The van der Waals surface area contributed by atoms with Crippen molar-refractivity contribution in [1.29, 1.82) is 0 Å². The van der Waals surface area contributed by atoms with Crippen LogP contribution in [-0.2, 0) is 12.5 Å². The van der Waals surface area contributed by atoms with Crippen LogP contribution in [0.15, 0.2) is 51.8 Å². The first-order chi connectivity index (χ1) is 14.6. The number of carbonyl (C=O) groups is 1. The van der Waals surface area contributed by atoms with Gasteiger partial charge in [-0.2, -0.15) is 18.2 Å². The summed E-state index contributed by atoms with van der Waals surface area (Å²) < 4.78 is 61.7. The highest BCUT2D eigenvalue weighted by Crippen LogP contribution is 2.47. The first kappa shape index (κ1) is 20.8.